The summed E-state index contributed by atoms with van der Waals surface area (Å²) in [5, 5.41) is 3.65. The molecule has 6 heteroatoms. The van der Waals surface area contributed by atoms with Crippen LogP contribution >= 0.6 is 0 Å². The van der Waals surface area contributed by atoms with E-state index in [-0.39, 0.29) is 24.7 Å². The number of nitrogens with zero attached hydrogens (tertiary/aromatic N) is 2. The van der Waals surface area contributed by atoms with Crippen LogP contribution < -0.4 is 0 Å². The predicted octanol–water partition coefficient (Wildman–Crippen LogP) is 1.73. The molecule has 88 valence electrons. The summed E-state index contributed by atoms with van der Waals surface area (Å²) in [6.07, 6.45) is 0.582. The molecule has 1 amide bonds. The van der Waals surface area contributed by atoms with E-state index in [9.17, 15) is 9.18 Å². The zero-order chi connectivity index (χ0) is 11.8. The Morgan fingerprint density at radius 3 is 2.94 bits per heavy atom. The zero-order valence-electron chi connectivity index (χ0n) is 8.80. The van der Waals surface area contributed by atoms with Crippen molar-refractivity contribution in [3.05, 3.63) is 30.2 Å². The quantitative estimate of drug-likeness (QED) is 0.796. The summed E-state index contributed by atoms with van der Waals surface area (Å²) in [7, 11) is 0. The van der Waals surface area contributed by atoms with Gasteiger partial charge in [0.05, 0.1) is 19.4 Å². The van der Waals surface area contributed by atoms with Crippen molar-refractivity contribution in [2.75, 3.05) is 13.1 Å². The van der Waals surface area contributed by atoms with E-state index in [4.69, 9.17) is 8.94 Å². The second-order valence-corrected chi connectivity index (χ2v) is 3.86. The summed E-state index contributed by atoms with van der Waals surface area (Å²) in [6.45, 7) is 0.254. The van der Waals surface area contributed by atoms with Crippen LogP contribution in [-0.4, -0.2) is 35.2 Å². The van der Waals surface area contributed by atoms with E-state index >= 15 is 0 Å². The zero-order valence-corrected chi connectivity index (χ0v) is 8.80. The van der Waals surface area contributed by atoms with Gasteiger partial charge in [-0.15, -0.1) is 0 Å². The molecule has 0 aromatic carbocycles. The highest BCUT2D eigenvalue weighted by molar-refractivity contribution is 5.93. The molecule has 17 heavy (non-hydrogen) atoms. The van der Waals surface area contributed by atoms with Gasteiger partial charge in [0.15, 0.2) is 11.5 Å². The van der Waals surface area contributed by atoms with Gasteiger partial charge in [-0.1, -0.05) is 5.16 Å². The third kappa shape index (κ3) is 1.71. The minimum absolute atomic E-state index is 0.127. The van der Waals surface area contributed by atoms with E-state index in [1.54, 1.807) is 12.1 Å². The smallest absolute Gasteiger partial charge is 0.276 e. The van der Waals surface area contributed by atoms with Crippen molar-refractivity contribution < 1.29 is 18.1 Å². The van der Waals surface area contributed by atoms with Crippen molar-refractivity contribution >= 4 is 5.91 Å². The van der Waals surface area contributed by atoms with Gasteiger partial charge in [0.25, 0.3) is 5.91 Å². The largest absolute Gasteiger partial charge is 0.461 e. The number of alkyl halides is 1. The third-order valence-corrected chi connectivity index (χ3v) is 2.62. The number of carbonyl (C=O) groups excluding carboxylic acids is 1. The van der Waals surface area contributed by atoms with Gasteiger partial charge in [0, 0.05) is 6.07 Å². The van der Waals surface area contributed by atoms with E-state index in [0.717, 1.165) is 0 Å². The molecule has 0 radical (unpaired) electrons. The number of rotatable bonds is 2. The molecule has 1 fully saturated rings. The Kier molecular flexibility index (Phi) is 2.21. The van der Waals surface area contributed by atoms with Crippen LogP contribution in [0, 0.1) is 0 Å². The Morgan fingerprint density at radius 1 is 1.47 bits per heavy atom. The normalized spacial score (nSPS) is 15.9. The first-order chi connectivity index (χ1) is 8.24. The molecule has 3 rings (SSSR count). The molecule has 0 saturated carbocycles. The molecule has 5 nitrogen and oxygen atoms in total. The fourth-order valence-corrected chi connectivity index (χ4v) is 1.66. The highest BCUT2D eigenvalue weighted by Gasteiger charge is 2.32. The van der Waals surface area contributed by atoms with Gasteiger partial charge in [0.2, 0.25) is 5.76 Å². The summed E-state index contributed by atoms with van der Waals surface area (Å²) >= 11 is 0. The highest BCUT2D eigenvalue weighted by Crippen LogP contribution is 2.22. The van der Waals surface area contributed by atoms with E-state index < -0.39 is 6.17 Å². The molecule has 2 aromatic rings. The number of amides is 1. The number of carbonyl (C=O) groups is 1. The number of likely N-dealkylation sites (tertiary alicyclic amines) is 1. The standard InChI is InChI=1S/C11H9FN2O3/c12-7-5-14(6-7)11(15)8-4-10(17-13-8)9-2-1-3-16-9/h1-4,7H,5-6H2. The lowest BCUT2D eigenvalue weighted by atomic mass is 10.1. The molecule has 0 aliphatic carbocycles. The fraction of sp³-hybridized carbons (Fsp3) is 0.273. The predicted molar refractivity (Wildman–Crippen MR) is 55.0 cm³/mol. The van der Waals surface area contributed by atoms with Crippen molar-refractivity contribution in [1.29, 1.82) is 0 Å². The van der Waals surface area contributed by atoms with Crippen LogP contribution in [0.5, 0.6) is 0 Å². The first kappa shape index (κ1) is 10.1. The molecule has 0 spiro atoms. The molecule has 1 saturated heterocycles. The van der Waals surface area contributed by atoms with E-state index in [0.29, 0.717) is 11.5 Å². The molecular formula is C11H9FN2O3. The molecular weight excluding hydrogens is 227 g/mol. The van der Waals surface area contributed by atoms with Gasteiger partial charge < -0.3 is 13.8 Å². The number of aromatic nitrogens is 1. The Bertz CT molecular complexity index is 529. The van der Waals surface area contributed by atoms with Crippen LogP contribution in [0.4, 0.5) is 4.39 Å². The van der Waals surface area contributed by atoms with Crippen molar-refractivity contribution in [3.63, 3.8) is 0 Å². The van der Waals surface area contributed by atoms with E-state index in [1.807, 2.05) is 0 Å². The average molecular weight is 236 g/mol. The molecule has 0 atom stereocenters. The van der Waals surface area contributed by atoms with Gasteiger partial charge in [-0.25, -0.2) is 4.39 Å². The van der Waals surface area contributed by atoms with Gasteiger partial charge in [-0.05, 0) is 12.1 Å². The van der Waals surface area contributed by atoms with Crippen LogP contribution in [0.15, 0.2) is 33.4 Å². The second kappa shape index (κ2) is 3.73. The summed E-state index contributed by atoms with van der Waals surface area (Å²) in [4.78, 5) is 13.1. The maximum atomic E-state index is 12.6. The summed E-state index contributed by atoms with van der Waals surface area (Å²) < 4.78 is 22.7. The van der Waals surface area contributed by atoms with Crippen LogP contribution in [-0.2, 0) is 0 Å². The lowest BCUT2D eigenvalue weighted by Gasteiger charge is -2.33. The minimum atomic E-state index is -0.921. The Morgan fingerprint density at radius 2 is 2.29 bits per heavy atom. The Balaban J connectivity index is 1.79. The second-order valence-electron chi connectivity index (χ2n) is 3.86. The first-order valence-corrected chi connectivity index (χ1v) is 5.18. The molecule has 3 heterocycles. The maximum Gasteiger partial charge on any atom is 0.276 e. The summed E-state index contributed by atoms with van der Waals surface area (Å²) in [5.74, 6) is 0.569. The molecule has 1 aliphatic rings. The monoisotopic (exact) mass is 236 g/mol. The van der Waals surface area contributed by atoms with E-state index in [2.05, 4.69) is 5.16 Å². The maximum absolute atomic E-state index is 12.6. The van der Waals surface area contributed by atoms with Crippen LogP contribution in [0.25, 0.3) is 11.5 Å². The van der Waals surface area contributed by atoms with E-state index in [1.165, 1.54) is 17.2 Å². The molecule has 0 unspecified atom stereocenters. The van der Waals surface area contributed by atoms with Gasteiger partial charge in [-0.3, -0.25) is 4.79 Å². The summed E-state index contributed by atoms with van der Waals surface area (Å²) in [6, 6.07) is 4.91. The number of halogens is 1. The lowest BCUT2D eigenvalue weighted by molar-refractivity contribution is 0.0391. The van der Waals surface area contributed by atoms with Crippen LogP contribution in [0.3, 0.4) is 0 Å². The summed E-state index contributed by atoms with van der Waals surface area (Å²) in [5.41, 5.74) is 0.170. The number of hydrogen-bond acceptors (Lipinski definition) is 4. The molecule has 0 bridgehead atoms. The molecule has 1 aliphatic heterocycles. The lowest BCUT2D eigenvalue weighted by Crippen LogP contribution is -2.51. The van der Waals surface area contributed by atoms with Gasteiger partial charge in [0.1, 0.15) is 6.17 Å². The molecule has 0 N–H and O–H groups in total. The van der Waals surface area contributed by atoms with Gasteiger partial charge in [-0.2, -0.15) is 0 Å². The van der Waals surface area contributed by atoms with Crippen molar-refractivity contribution in [3.8, 4) is 11.5 Å². The van der Waals surface area contributed by atoms with Gasteiger partial charge >= 0.3 is 0 Å². The first-order valence-electron chi connectivity index (χ1n) is 5.18. The minimum Gasteiger partial charge on any atom is -0.461 e. The number of furan rings is 1. The molecule has 2 aromatic heterocycles. The Labute approximate surface area is 95.8 Å². The Hall–Kier alpha value is -2.11. The fourth-order valence-electron chi connectivity index (χ4n) is 1.66. The van der Waals surface area contributed by atoms with Crippen LogP contribution in [0.2, 0.25) is 0 Å². The number of hydrogen-bond donors (Lipinski definition) is 0. The SMILES string of the molecule is O=C(c1cc(-c2ccco2)on1)N1CC(F)C1. The average Bonchev–Trinajstić information content (AvgIpc) is 2.92. The highest BCUT2D eigenvalue weighted by atomic mass is 19.1. The van der Waals surface area contributed by atoms with Crippen molar-refractivity contribution in [1.82, 2.24) is 10.1 Å². The third-order valence-electron chi connectivity index (χ3n) is 2.62. The van der Waals surface area contributed by atoms with Crippen molar-refractivity contribution in [2.24, 2.45) is 0 Å². The van der Waals surface area contributed by atoms with Crippen molar-refractivity contribution in [2.45, 2.75) is 6.17 Å². The van der Waals surface area contributed by atoms with Crippen LogP contribution in [0.1, 0.15) is 10.5 Å². The topological polar surface area (TPSA) is 59.5 Å².